The van der Waals surface area contributed by atoms with Gasteiger partial charge in [-0.2, -0.15) is 0 Å². The summed E-state index contributed by atoms with van der Waals surface area (Å²) in [6.07, 6.45) is 2.28. The molecule has 1 heteroatoms. The van der Waals surface area contributed by atoms with E-state index in [2.05, 4.69) is 32.0 Å². The summed E-state index contributed by atoms with van der Waals surface area (Å²) in [5, 5.41) is 0. The number of benzene rings is 1. The van der Waals surface area contributed by atoms with Crippen LogP contribution < -0.4 is 4.74 Å². The third-order valence-corrected chi connectivity index (χ3v) is 2.17. The lowest BCUT2D eigenvalue weighted by molar-refractivity contribution is 0.336. The number of ether oxygens (including phenoxy) is 1. The summed E-state index contributed by atoms with van der Waals surface area (Å²) < 4.78 is 5.57. The lowest BCUT2D eigenvalue weighted by atomic mass is 10.0. The Bertz CT molecular complexity index is 266. The fourth-order valence-corrected chi connectivity index (χ4v) is 1.54. The van der Waals surface area contributed by atoms with Crippen molar-refractivity contribution in [1.29, 1.82) is 0 Å². The molecular weight excluding hydrogens is 160 g/mol. The van der Waals surface area contributed by atoms with Crippen molar-refractivity contribution in [3.8, 4) is 5.75 Å². The van der Waals surface area contributed by atoms with Crippen LogP contribution in [0.3, 0.4) is 0 Å². The van der Waals surface area contributed by atoms with Crippen LogP contribution in [0.5, 0.6) is 5.75 Å². The van der Waals surface area contributed by atoms with E-state index in [4.69, 9.17) is 4.74 Å². The molecule has 0 bridgehead atoms. The van der Waals surface area contributed by atoms with Gasteiger partial charge in [-0.15, -0.1) is 0 Å². The van der Waals surface area contributed by atoms with Gasteiger partial charge in [-0.05, 0) is 37.5 Å². The van der Waals surface area contributed by atoms with Gasteiger partial charge in [0.2, 0.25) is 0 Å². The molecule has 0 atom stereocenters. The lowest BCUT2D eigenvalue weighted by Gasteiger charge is -2.11. The first-order valence-electron chi connectivity index (χ1n) is 5.00. The Balaban J connectivity index is 2.95. The summed E-state index contributed by atoms with van der Waals surface area (Å²) in [5.74, 6) is 1.06. The molecule has 1 aromatic carbocycles. The maximum absolute atomic E-state index is 5.57. The van der Waals surface area contributed by atoms with Crippen LogP contribution in [0.2, 0.25) is 0 Å². The first-order chi connectivity index (χ1) is 6.29. The van der Waals surface area contributed by atoms with Crippen LogP contribution in [0, 0.1) is 6.92 Å². The van der Waals surface area contributed by atoms with Crippen LogP contribution in [0.4, 0.5) is 0 Å². The van der Waals surface area contributed by atoms with E-state index in [9.17, 15) is 0 Å². The van der Waals surface area contributed by atoms with E-state index in [1.54, 1.807) is 0 Å². The number of aryl methyl sites for hydroxylation is 1. The molecule has 0 heterocycles. The van der Waals surface area contributed by atoms with E-state index >= 15 is 0 Å². The Morgan fingerprint density at radius 2 is 2.00 bits per heavy atom. The van der Waals surface area contributed by atoms with Crippen molar-refractivity contribution in [2.24, 2.45) is 0 Å². The fraction of sp³-hybridized carbons (Fsp3) is 0.500. The van der Waals surface area contributed by atoms with Gasteiger partial charge < -0.3 is 4.74 Å². The third-order valence-electron chi connectivity index (χ3n) is 2.17. The van der Waals surface area contributed by atoms with E-state index in [0.29, 0.717) is 0 Å². The summed E-state index contributed by atoms with van der Waals surface area (Å²) >= 11 is 0. The highest BCUT2D eigenvalue weighted by molar-refractivity contribution is 5.39. The smallest absolute Gasteiger partial charge is 0.122 e. The Labute approximate surface area is 80.7 Å². The average molecular weight is 178 g/mol. The van der Waals surface area contributed by atoms with Crippen molar-refractivity contribution >= 4 is 0 Å². The molecule has 0 unspecified atom stereocenters. The molecule has 0 aliphatic carbocycles. The van der Waals surface area contributed by atoms with Crippen LogP contribution in [0.25, 0.3) is 0 Å². The molecule has 1 rings (SSSR count). The number of rotatable bonds is 4. The average Bonchev–Trinajstić information content (AvgIpc) is 2.11. The second kappa shape index (κ2) is 4.90. The van der Waals surface area contributed by atoms with E-state index in [-0.39, 0.29) is 0 Å². The Morgan fingerprint density at radius 1 is 1.23 bits per heavy atom. The molecule has 1 aromatic rings. The minimum atomic E-state index is 0.750. The molecular formula is C12H18O. The maximum atomic E-state index is 5.57. The second-order valence-corrected chi connectivity index (χ2v) is 3.23. The van der Waals surface area contributed by atoms with Crippen molar-refractivity contribution in [3.63, 3.8) is 0 Å². The molecule has 0 aliphatic rings. The van der Waals surface area contributed by atoms with Crippen molar-refractivity contribution in [2.75, 3.05) is 6.61 Å². The van der Waals surface area contributed by atoms with Crippen molar-refractivity contribution < 1.29 is 4.74 Å². The molecule has 72 valence electrons. The minimum absolute atomic E-state index is 0.750. The first kappa shape index (κ1) is 10.1. The predicted octanol–water partition coefficient (Wildman–Crippen LogP) is 3.35. The van der Waals surface area contributed by atoms with Crippen LogP contribution in [0.1, 0.15) is 31.4 Å². The summed E-state index contributed by atoms with van der Waals surface area (Å²) in [6, 6.07) is 6.26. The molecule has 0 fully saturated rings. The van der Waals surface area contributed by atoms with Crippen LogP contribution >= 0.6 is 0 Å². The Morgan fingerprint density at radius 3 is 2.62 bits per heavy atom. The standard InChI is InChI=1S/C12H18O/c1-4-7-11-10(3)8-6-9-12(11)13-5-2/h6,8-9H,4-5,7H2,1-3H3. The number of hydrogen-bond donors (Lipinski definition) is 0. The van der Waals surface area contributed by atoms with Crippen molar-refractivity contribution in [2.45, 2.75) is 33.6 Å². The van der Waals surface area contributed by atoms with Gasteiger partial charge in [-0.3, -0.25) is 0 Å². The SMILES string of the molecule is CCCc1c(C)cccc1OCC. The lowest BCUT2D eigenvalue weighted by Crippen LogP contribution is -1.98. The normalized spacial score (nSPS) is 10.1. The molecule has 0 saturated heterocycles. The highest BCUT2D eigenvalue weighted by Gasteiger charge is 2.04. The van der Waals surface area contributed by atoms with Crippen LogP contribution in [-0.4, -0.2) is 6.61 Å². The zero-order valence-electron chi connectivity index (χ0n) is 8.76. The Kier molecular flexibility index (Phi) is 3.81. The predicted molar refractivity (Wildman–Crippen MR) is 56.3 cm³/mol. The quantitative estimate of drug-likeness (QED) is 0.687. The molecule has 0 N–H and O–H groups in total. The highest BCUT2D eigenvalue weighted by atomic mass is 16.5. The zero-order valence-corrected chi connectivity index (χ0v) is 8.76. The molecule has 13 heavy (non-hydrogen) atoms. The van der Waals surface area contributed by atoms with Gasteiger partial charge in [0.15, 0.2) is 0 Å². The van der Waals surface area contributed by atoms with E-state index < -0.39 is 0 Å². The molecule has 0 radical (unpaired) electrons. The molecule has 0 spiro atoms. The maximum Gasteiger partial charge on any atom is 0.122 e. The highest BCUT2D eigenvalue weighted by Crippen LogP contribution is 2.23. The molecule has 0 aliphatic heterocycles. The van der Waals surface area contributed by atoms with Gasteiger partial charge in [-0.25, -0.2) is 0 Å². The first-order valence-corrected chi connectivity index (χ1v) is 5.00. The van der Waals surface area contributed by atoms with E-state index in [1.165, 1.54) is 17.5 Å². The molecule has 0 aromatic heterocycles. The summed E-state index contributed by atoms with van der Waals surface area (Å²) in [4.78, 5) is 0. The van der Waals surface area contributed by atoms with Gasteiger partial charge in [0.05, 0.1) is 6.61 Å². The summed E-state index contributed by atoms with van der Waals surface area (Å²) in [7, 11) is 0. The van der Waals surface area contributed by atoms with Gasteiger partial charge in [0, 0.05) is 0 Å². The summed E-state index contributed by atoms with van der Waals surface area (Å²) in [6.45, 7) is 7.12. The monoisotopic (exact) mass is 178 g/mol. The van der Waals surface area contributed by atoms with Gasteiger partial charge in [0.25, 0.3) is 0 Å². The fourth-order valence-electron chi connectivity index (χ4n) is 1.54. The van der Waals surface area contributed by atoms with Gasteiger partial charge in [-0.1, -0.05) is 25.5 Å². The molecule has 0 saturated carbocycles. The molecule has 1 nitrogen and oxygen atoms in total. The largest absolute Gasteiger partial charge is 0.494 e. The van der Waals surface area contributed by atoms with Gasteiger partial charge in [0.1, 0.15) is 5.75 Å². The van der Waals surface area contributed by atoms with Crippen LogP contribution in [-0.2, 0) is 6.42 Å². The van der Waals surface area contributed by atoms with E-state index in [0.717, 1.165) is 18.8 Å². The topological polar surface area (TPSA) is 9.23 Å². The molecule has 0 amide bonds. The second-order valence-electron chi connectivity index (χ2n) is 3.23. The summed E-state index contributed by atoms with van der Waals surface area (Å²) in [5.41, 5.74) is 2.71. The van der Waals surface area contributed by atoms with E-state index in [1.807, 2.05) is 6.92 Å². The third kappa shape index (κ3) is 2.48. The number of hydrogen-bond acceptors (Lipinski definition) is 1. The van der Waals surface area contributed by atoms with Crippen molar-refractivity contribution in [1.82, 2.24) is 0 Å². The minimum Gasteiger partial charge on any atom is -0.494 e. The zero-order chi connectivity index (χ0) is 9.68. The Hall–Kier alpha value is -0.980. The van der Waals surface area contributed by atoms with Gasteiger partial charge >= 0.3 is 0 Å². The van der Waals surface area contributed by atoms with Crippen molar-refractivity contribution in [3.05, 3.63) is 29.3 Å². The van der Waals surface area contributed by atoms with Crippen LogP contribution in [0.15, 0.2) is 18.2 Å².